The van der Waals surface area contributed by atoms with E-state index in [1.54, 1.807) is 36.8 Å². The Morgan fingerprint density at radius 2 is 2.24 bits per heavy atom. The van der Waals surface area contributed by atoms with Crippen LogP contribution in [0, 0.1) is 0 Å². The Morgan fingerprint density at radius 3 is 3.00 bits per heavy atom. The van der Waals surface area contributed by atoms with Crippen molar-refractivity contribution < 1.29 is 4.79 Å². The van der Waals surface area contributed by atoms with Crippen LogP contribution in [0.4, 0.5) is 0 Å². The van der Waals surface area contributed by atoms with Crippen LogP contribution in [0.15, 0.2) is 43.0 Å². The normalized spacial score (nSPS) is 11.0. The number of nitrogens with zero attached hydrogens (tertiary/aromatic N) is 2. The van der Waals surface area contributed by atoms with Crippen LogP contribution in [0.5, 0.6) is 0 Å². The number of carbonyl (C=O) groups excluding carboxylic acids is 1. The van der Waals surface area contributed by atoms with E-state index in [0.29, 0.717) is 16.6 Å². The average molecular weight is 324 g/mol. The second kappa shape index (κ2) is 7.86. The third-order valence-corrected chi connectivity index (χ3v) is 3.68. The Bertz CT molecular complexity index is 624. The third kappa shape index (κ3) is 4.92. The van der Waals surface area contributed by atoms with E-state index >= 15 is 0 Å². The fourth-order valence-electron chi connectivity index (χ4n) is 1.77. The van der Waals surface area contributed by atoms with Gasteiger partial charge in [0.2, 0.25) is 5.91 Å². The lowest BCUT2D eigenvalue weighted by molar-refractivity contribution is -0.116. The standard InChI is InChI=1S/C15H15Cl2N3O/c16-13-4-1-3-12(15(13)17)5-6-14(21)19-7-2-9-20-10-8-18-11-20/h1,3-6,8,10-11H,2,7,9H2,(H,19,21). The molecule has 2 aromatic rings. The summed E-state index contributed by atoms with van der Waals surface area (Å²) in [5.41, 5.74) is 0.720. The molecule has 0 radical (unpaired) electrons. The first-order valence-electron chi connectivity index (χ1n) is 6.52. The number of nitrogens with one attached hydrogen (secondary N) is 1. The number of hydrogen-bond donors (Lipinski definition) is 1. The highest BCUT2D eigenvalue weighted by Crippen LogP contribution is 2.26. The number of carbonyl (C=O) groups is 1. The first-order chi connectivity index (χ1) is 10.2. The zero-order valence-electron chi connectivity index (χ0n) is 11.3. The van der Waals surface area contributed by atoms with Crippen molar-refractivity contribution in [1.82, 2.24) is 14.9 Å². The van der Waals surface area contributed by atoms with Crippen molar-refractivity contribution in [3.05, 3.63) is 58.6 Å². The molecule has 0 saturated heterocycles. The van der Waals surface area contributed by atoms with E-state index in [4.69, 9.17) is 23.2 Å². The molecule has 110 valence electrons. The molecule has 0 aliphatic rings. The van der Waals surface area contributed by atoms with Crippen LogP contribution in [-0.2, 0) is 11.3 Å². The van der Waals surface area contributed by atoms with E-state index in [9.17, 15) is 4.79 Å². The van der Waals surface area contributed by atoms with E-state index in [0.717, 1.165) is 18.5 Å². The lowest BCUT2D eigenvalue weighted by Crippen LogP contribution is -2.22. The zero-order valence-corrected chi connectivity index (χ0v) is 12.8. The molecule has 0 aliphatic carbocycles. The first kappa shape index (κ1) is 15.6. The highest BCUT2D eigenvalue weighted by molar-refractivity contribution is 6.42. The summed E-state index contributed by atoms with van der Waals surface area (Å²) in [6, 6.07) is 5.30. The predicted molar refractivity (Wildman–Crippen MR) is 85.3 cm³/mol. The Kier molecular flexibility index (Phi) is 5.84. The molecule has 21 heavy (non-hydrogen) atoms. The maximum absolute atomic E-state index is 11.7. The van der Waals surface area contributed by atoms with Gasteiger partial charge in [0.1, 0.15) is 0 Å². The van der Waals surface area contributed by atoms with Gasteiger partial charge in [-0.3, -0.25) is 4.79 Å². The van der Waals surface area contributed by atoms with Crippen molar-refractivity contribution in [2.24, 2.45) is 0 Å². The van der Waals surface area contributed by atoms with Crippen molar-refractivity contribution in [3.8, 4) is 0 Å². The molecule has 1 amide bonds. The molecule has 1 N–H and O–H groups in total. The topological polar surface area (TPSA) is 46.9 Å². The van der Waals surface area contributed by atoms with Gasteiger partial charge in [-0.15, -0.1) is 0 Å². The van der Waals surface area contributed by atoms with Crippen molar-refractivity contribution in [2.45, 2.75) is 13.0 Å². The highest BCUT2D eigenvalue weighted by atomic mass is 35.5. The number of rotatable bonds is 6. The molecule has 0 bridgehead atoms. The fraction of sp³-hybridized carbons (Fsp3) is 0.200. The predicted octanol–water partition coefficient (Wildman–Crippen LogP) is 3.41. The molecule has 4 nitrogen and oxygen atoms in total. The van der Waals surface area contributed by atoms with E-state index in [-0.39, 0.29) is 5.91 Å². The van der Waals surface area contributed by atoms with Crippen LogP contribution in [0.3, 0.4) is 0 Å². The molecule has 0 spiro atoms. The Balaban J connectivity index is 1.76. The summed E-state index contributed by atoms with van der Waals surface area (Å²) in [6.07, 6.45) is 9.32. The first-order valence-corrected chi connectivity index (χ1v) is 7.28. The Morgan fingerprint density at radius 1 is 1.38 bits per heavy atom. The largest absolute Gasteiger partial charge is 0.352 e. The minimum Gasteiger partial charge on any atom is -0.352 e. The van der Waals surface area contributed by atoms with Crippen LogP contribution < -0.4 is 5.32 Å². The third-order valence-electron chi connectivity index (χ3n) is 2.85. The van der Waals surface area contributed by atoms with Crippen LogP contribution in [-0.4, -0.2) is 22.0 Å². The summed E-state index contributed by atoms with van der Waals surface area (Å²) in [6.45, 7) is 1.43. The summed E-state index contributed by atoms with van der Waals surface area (Å²) in [5.74, 6) is -0.156. The SMILES string of the molecule is O=C(C=Cc1cccc(Cl)c1Cl)NCCCn1ccnc1. The summed E-state index contributed by atoms with van der Waals surface area (Å²) in [5, 5.41) is 3.73. The number of amides is 1. The zero-order chi connectivity index (χ0) is 15.1. The van der Waals surface area contributed by atoms with Gasteiger partial charge in [-0.1, -0.05) is 35.3 Å². The summed E-state index contributed by atoms with van der Waals surface area (Å²) >= 11 is 11.9. The van der Waals surface area contributed by atoms with Crippen molar-refractivity contribution in [3.63, 3.8) is 0 Å². The van der Waals surface area contributed by atoms with Gasteiger partial charge in [0, 0.05) is 31.6 Å². The van der Waals surface area contributed by atoms with Crippen LogP contribution in [0.1, 0.15) is 12.0 Å². The molecule has 1 aromatic heterocycles. The summed E-state index contributed by atoms with van der Waals surface area (Å²) in [7, 11) is 0. The highest BCUT2D eigenvalue weighted by Gasteiger charge is 2.01. The fourth-order valence-corrected chi connectivity index (χ4v) is 2.14. The Hall–Kier alpha value is -1.78. The summed E-state index contributed by atoms with van der Waals surface area (Å²) in [4.78, 5) is 15.6. The van der Waals surface area contributed by atoms with Gasteiger partial charge in [-0.25, -0.2) is 4.98 Å². The second-order valence-electron chi connectivity index (χ2n) is 4.42. The lowest BCUT2D eigenvalue weighted by atomic mass is 10.2. The van der Waals surface area contributed by atoms with Gasteiger partial charge < -0.3 is 9.88 Å². The minimum atomic E-state index is -0.156. The molecule has 0 unspecified atom stereocenters. The van der Waals surface area contributed by atoms with Crippen molar-refractivity contribution in [1.29, 1.82) is 0 Å². The smallest absolute Gasteiger partial charge is 0.244 e. The molecule has 0 fully saturated rings. The van der Waals surface area contributed by atoms with Gasteiger partial charge in [0.15, 0.2) is 0 Å². The van der Waals surface area contributed by atoms with Gasteiger partial charge in [0.05, 0.1) is 16.4 Å². The molecule has 1 heterocycles. The molecule has 6 heteroatoms. The second-order valence-corrected chi connectivity index (χ2v) is 5.21. The van der Waals surface area contributed by atoms with Crippen LogP contribution in [0.25, 0.3) is 6.08 Å². The van der Waals surface area contributed by atoms with Crippen LogP contribution in [0.2, 0.25) is 10.0 Å². The number of aryl methyl sites for hydroxylation is 1. The monoisotopic (exact) mass is 323 g/mol. The maximum atomic E-state index is 11.7. The summed E-state index contributed by atoms with van der Waals surface area (Å²) < 4.78 is 1.97. The number of hydrogen-bond acceptors (Lipinski definition) is 2. The molecule has 0 atom stereocenters. The van der Waals surface area contributed by atoms with E-state index in [2.05, 4.69) is 10.3 Å². The number of imidazole rings is 1. The Labute approximate surface area is 133 Å². The van der Waals surface area contributed by atoms with Gasteiger partial charge in [0.25, 0.3) is 0 Å². The maximum Gasteiger partial charge on any atom is 0.244 e. The average Bonchev–Trinajstić information content (AvgIpc) is 2.98. The van der Waals surface area contributed by atoms with Gasteiger partial charge in [-0.05, 0) is 24.1 Å². The molecule has 2 rings (SSSR count). The van der Waals surface area contributed by atoms with E-state index in [1.807, 2.05) is 10.8 Å². The quantitative estimate of drug-likeness (QED) is 0.654. The van der Waals surface area contributed by atoms with Gasteiger partial charge in [-0.2, -0.15) is 0 Å². The molecule has 0 saturated carbocycles. The molecular formula is C15H15Cl2N3O. The van der Waals surface area contributed by atoms with E-state index < -0.39 is 0 Å². The number of halogens is 2. The van der Waals surface area contributed by atoms with E-state index in [1.165, 1.54) is 6.08 Å². The molecule has 1 aromatic carbocycles. The number of aromatic nitrogens is 2. The lowest BCUT2D eigenvalue weighted by Gasteiger charge is -2.03. The van der Waals surface area contributed by atoms with Crippen molar-refractivity contribution in [2.75, 3.05) is 6.54 Å². The van der Waals surface area contributed by atoms with Crippen molar-refractivity contribution >= 4 is 35.2 Å². The minimum absolute atomic E-state index is 0.156. The molecule has 0 aliphatic heterocycles. The number of benzene rings is 1. The van der Waals surface area contributed by atoms with Crippen LogP contribution >= 0.6 is 23.2 Å². The molecular weight excluding hydrogens is 309 g/mol. The van der Waals surface area contributed by atoms with Gasteiger partial charge >= 0.3 is 0 Å².